The minimum atomic E-state index is 0.715. The highest BCUT2D eigenvalue weighted by molar-refractivity contribution is 4.59. The molecule has 2 atom stereocenters. The minimum Gasteiger partial charge on any atom is -0.330 e. The Morgan fingerprint density at radius 3 is 1.86 bits per heavy atom. The van der Waals surface area contributed by atoms with Crippen molar-refractivity contribution in [3.05, 3.63) is 0 Å². The van der Waals surface area contributed by atoms with Crippen molar-refractivity contribution in [2.24, 2.45) is 23.5 Å². The van der Waals surface area contributed by atoms with Crippen molar-refractivity contribution in [1.29, 1.82) is 0 Å². The van der Waals surface area contributed by atoms with Gasteiger partial charge in [-0.1, -0.05) is 53.4 Å². The van der Waals surface area contributed by atoms with E-state index in [0.29, 0.717) is 5.92 Å². The van der Waals surface area contributed by atoms with Crippen molar-refractivity contribution in [3.8, 4) is 0 Å². The molecular formula is C13H29N. The highest BCUT2D eigenvalue weighted by Crippen LogP contribution is 2.18. The third-order valence-corrected chi connectivity index (χ3v) is 3.03. The summed E-state index contributed by atoms with van der Waals surface area (Å²) in [5, 5.41) is 0. The van der Waals surface area contributed by atoms with E-state index in [9.17, 15) is 0 Å². The van der Waals surface area contributed by atoms with Gasteiger partial charge in [-0.15, -0.1) is 0 Å². The van der Waals surface area contributed by atoms with Crippen molar-refractivity contribution >= 4 is 0 Å². The van der Waals surface area contributed by atoms with Crippen LogP contribution in [0.5, 0.6) is 0 Å². The quantitative estimate of drug-likeness (QED) is 0.632. The average molecular weight is 199 g/mol. The van der Waals surface area contributed by atoms with Gasteiger partial charge in [-0.05, 0) is 30.7 Å². The standard InChI is InChI=1S/C13H29N/c1-11(2)8-9-12(3)6-5-7-13(4)10-14/h11-13H,5-10,14H2,1-4H3. The summed E-state index contributed by atoms with van der Waals surface area (Å²) >= 11 is 0. The molecule has 0 radical (unpaired) electrons. The van der Waals surface area contributed by atoms with Gasteiger partial charge in [0.25, 0.3) is 0 Å². The van der Waals surface area contributed by atoms with Crippen LogP contribution in [0.3, 0.4) is 0 Å². The normalized spacial score (nSPS) is 15.9. The molecule has 0 spiro atoms. The Hall–Kier alpha value is -0.0400. The molecule has 86 valence electrons. The summed E-state index contributed by atoms with van der Waals surface area (Å²) in [6.45, 7) is 10.1. The molecule has 0 aliphatic carbocycles. The molecule has 0 aliphatic heterocycles. The van der Waals surface area contributed by atoms with E-state index in [2.05, 4.69) is 27.7 Å². The van der Waals surface area contributed by atoms with Crippen molar-refractivity contribution in [2.45, 2.75) is 59.8 Å². The van der Waals surface area contributed by atoms with Crippen LogP contribution in [0.4, 0.5) is 0 Å². The molecule has 0 aromatic carbocycles. The maximum Gasteiger partial charge on any atom is -0.00515 e. The molecular weight excluding hydrogens is 170 g/mol. The Kier molecular flexibility index (Phi) is 8.26. The van der Waals surface area contributed by atoms with E-state index in [0.717, 1.165) is 18.4 Å². The lowest BCUT2D eigenvalue weighted by Crippen LogP contribution is -2.10. The first kappa shape index (κ1) is 14.0. The second kappa shape index (κ2) is 8.28. The summed E-state index contributed by atoms with van der Waals surface area (Å²) in [4.78, 5) is 0. The number of nitrogens with two attached hydrogens (primary N) is 1. The van der Waals surface area contributed by atoms with Gasteiger partial charge in [-0.3, -0.25) is 0 Å². The van der Waals surface area contributed by atoms with Crippen LogP contribution in [0.1, 0.15) is 59.8 Å². The van der Waals surface area contributed by atoms with Crippen molar-refractivity contribution in [1.82, 2.24) is 0 Å². The summed E-state index contributed by atoms with van der Waals surface area (Å²) in [5.74, 6) is 2.48. The molecule has 2 N–H and O–H groups in total. The maximum atomic E-state index is 5.59. The first-order chi connectivity index (χ1) is 6.56. The fourth-order valence-corrected chi connectivity index (χ4v) is 1.69. The van der Waals surface area contributed by atoms with E-state index >= 15 is 0 Å². The van der Waals surface area contributed by atoms with Gasteiger partial charge in [0.2, 0.25) is 0 Å². The van der Waals surface area contributed by atoms with Gasteiger partial charge in [0.1, 0.15) is 0 Å². The lowest BCUT2D eigenvalue weighted by molar-refractivity contribution is 0.396. The third kappa shape index (κ3) is 8.55. The number of hydrogen-bond donors (Lipinski definition) is 1. The van der Waals surface area contributed by atoms with Crippen LogP contribution < -0.4 is 5.73 Å². The monoisotopic (exact) mass is 199 g/mol. The second-order valence-corrected chi connectivity index (χ2v) is 5.35. The van der Waals surface area contributed by atoms with E-state index in [-0.39, 0.29) is 0 Å². The van der Waals surface area contributed by atoms with Gasteiger partial charge < -0.3 is 5.73 Å². The summed E-state index contributed by atoms with van der Waals surface area (Å²) in [7, 11) is 0. The average Bonchev–Trinajstić information content (AvgIpc) is 2.14. The molecule has 0 fully saturated rings. The predicted molar refractivity (Wildman–Crippen MR) is 65.3 cm³/mol. The van der Waals surface area contributed by atoms with E-state index in [1.165, 1.54) is 32.1 Å². The number of rotatable bonds is 8. The van der Waals surface area contributed by atoms with Crippen LogP contribution in [-0.2, 0) is 0 Å². The van der Waals surface area contributed by atoms with Gasteiger partial charge in [0, 0.05) is 0 Å². The highest BCUT2D eigenvalue weighted by Gasteiger charge is 2.05. The molecule has 1 nitrogen and oxygen atoms in total. The molecule has 2 unspecified atom stereocenters. The van der Waals surface area contributed by atoms with E-state index in [1.54, 1.807) is 0 Å². The third-order valence-electron chi connectivity index (χ3n) is 3.03. The topological polar surface area (TPSA) is 26.0 Å². The molecule has 0 aromatic heterocycles. The van der Waals surface area contributed by atoms with Gasteiger partial charge in [0.05, 0.1) is 0 Å². The molecule has 0 heterocycles. The van der Waals surface area contributed by atoms with Crippen molar-refractivity contribution < 1.29 is 0 Å². The first-order valence-corrected chi connectivity index (χ1v) is 6.26. The van der Waals surface area contributed by atoms with Crippen LogP contribution in [0.15, 0.2) is 0 Å². The van der Waals surface area contributed by atoms with Gasteiger partial charge in [-0.25, -0.2) is 0 Å². The Bertz CT molecular complexity index is 120. The van der Waals surface area contributed by atoms with Crippen molar-refractivity contribution in [3.63, 3.8) is 0 Å². The molecule has 0 saturated heterocycles. The van der Waals surface area contributed by atoms with Crippen LogP contribution >= 0.6 is 0 Å². The fraction of sp³-hybridized carbons (Fsp3) is 1.00. The Morgan fingerprint density at radius 1 is 0.786 bits per heavy atom. The zero-order valence-corrected chi connectivity index (χ0v) is 10.6. The molecule has 1 heteroatoms. The van der Waals surface area contributed by atoms with Crippen LogP contribution in [0, 0.1) is 17.8 Å². The SMILES string of the molecule is CC(C)CCC(C)CCCC(C)CN. The lowest BCUT2D eigenvalue weighted by Gasteiger charge is -2.14. The predicted octanol–water partition coefficient (Wildman–Crippen LogP) is 3.82. The summed E-state index contributed by atoms with van der Waals surface area (Å²) in [5.41, 5.74) is 5.59. The second-order valence-electron chi connectivity index (χ2n) is 5.35. The minimum absolute atomic E-state index is 0.715. The maximum absolute atomic E-state index is 5.59. The largest absolute Gasteiger partial charge is 0.330 e. The van der Waals surface area contributed by atoms with Gasteiger partial charge in [-0.2, -0.15) is 0 Å². The smallest absolute Gasteiger partial charge is 0.00515 e. The van der Waals surface area contributed by atoms with Crippen molar-refractivity contribution in [2.75, 3.05) is 6.54 Å². The van der Waals surface area contributed by atoms with Gasteiger partial charge >= 0.3 is 0 Å². The summed E-state index contributed by atoms with van der Waals surface area (Å²) in [6.07, 6.45) is 6.83. The molecule has 0 saturated carbocycles. The zero-order chi connectivity index (χ0) is 11.0. The molecule has 0 bridgehead atoms. The van der Waals surface area contributed by atoms with E-state index < -0.39 is 0 Å². The molecule has 0 aliphatic rings. The molecule has 14 heavy (non-hydrogen) atoms. The Labute approximate surface area is 90.5 Å². The van der Waals surface area contributed by atoms with Crippen LogP contribution in [-0.4, -0.2) is 6.54 Å². The van der Waals surface area contributed by atoms with Crippen LogP contribution in [0.2, 0.25) is 0 Å². The van der Waals surface area contributed by atoms with Crippen LogP contribution in [0.25, 0.3) is 0 Å². The zero-order valence-electron chi connectivity index (χ0n) is 10.6. The molecule has 0 amide bonds. The number of hydrogen-bond acceptors (Lipinski definition) is 1. The highest BCUT2D eigenvalue weighted by atomic mass is 14.5. The molecule has 0 rings (SSSR count). The Morgan fingerprint density at radius 2 is 1.36 bits per heavy atom. The first-order valence-electron chi connectivity index (χ1n) is 6.26. The summed E-state index contributed by atoms with van der Waals surface area (Å²) < 4.78 is 0. The Balaban J connectivity index is 3.30. The van der Waals surface area contributed by atoms with E-state index in [1.807, 2.05) is 0 Å². The van der Waals surface area contributed by atoms with E-state index in [4.69, 9.17) is 5.73 Å². The lowest BCUT2D eigenvalue weighted by atomic mass is 9.93. The summed E-state index contributed by atoms with van der Waals surface area (Å²) in [6, 6.07) is 0. The van der Waals surface area contributed by atoms with Gasteiger partial charge in [0.15, 0.2) is 0 Å². The molecule has 0 aromatic rings. The fourth-order valence-electron chi connectivity index (χ4n) is 1.69.